The van der Waals surface area contributed by atoms with Crippen LogP contribution in [-0.4, -0.2) is 13.4 Å². The fourth-order valence-corrected chi connectivity index (χ4v) is 3.80. The highest BCUT2D eigenvalue weighted by Crippen LogP contribution is 2.29. The summed E-state index contributed by atoms with van der Waals surface area (Å²) in [4.78, 5) is 4.20. The number of rotatable bonds is 3. The summed E-state index contributed by atoms with van der Waals surface area (Å²) in [6.07, 6.45) is 0. The van der Waals surface area contributed by atoms with E-state index in [1.54, 1.807) is 18.2 Å². The molecule has 0 fully saturated rings. The van der Waals surface area contributed by atoms with Crippen molar-refractivity contribution in [3.05, 3.63) is 53.1 Å². The number of hydrogen-bond donors (Lipinski definition) is 1. The van der Waals surface area contributed by atoms with Gasteiger partial charge in [0.1, 0.15) is 16.2 Å². The molecule has 0 aliphatic carbocycles. The third-order valence-electron chi connectivity index (χ3n) is 3.46. The first-order chi connectivity index (χ1) is 11.6. The van der Waals surface area contributed by atoms with Gasteiger partial charge >= 0.3 is 0 Å². The van der Waals surface area contributed by atoms with Crippen LogP contribution >= 0.6 is 11.6 Å². The predicted molar refractivity (Wildman–Crippen MR) is 94.9 cm³/mol. The first kappa shape index (κ1) is 17.7. The SMILES string of the molecule is CC(C)(C)c1nc2cc(NS(=O)(=O)c3ccc(F)cc3Cl)ccc2o1. The fourth-order valence-electron chi connectivity index (χ4n) is 2.21. The van der Waals surface area contributed by atoms with E-state index in [9.17, 15) is 12.8 Å². The number of hydrogen-bond acceptors (Lipinski definition) is 4. The van der Waals surface area contributed by atoms with Crippen molar-refractivity contribution in [2.24, 2.45) is 0 Å². The van der Waals surface area contributed by atoms with E-state index in [2.05, 4.69) is 9.71 Å². The fraction of sp³-hybridized carbons (Fsp3) is 0.235. The summed E-state index contributed by atoms with van der Waals surface area (Å²) in [5, 5.41) is -0.190. The molecule has 0 amide bonds. The summed E-state index contributed by atoms with van der Waals surface area (Å²) in [6, 6.07) is 7.88. The molecule has 25 heavy (non-hydrogen) atoms. The second-order valence-corrected chi connectivity index (χ2v) is 8.69. The van der Waals surface area contributed by atoms with Crippen molar-refractivity contribution in [2.75, 3.05) is 4.72 Å². The van der Waals surface area contributed by atoms with Gasteiger partial charge < -0.3 is 4.42 Å². The molecule has 1 N–H and O–H groups in total. The van der Waals surface area contributed by atoms with E-state index in [0.29, 0.717) is 22.7 Å². The maximum Gasteiger partial charge on any atom is 0.263 e. The largest absolute Gasteiger partial charge is 0.440 e. The van der Waals surface area contributed by atoms with Crippen LogP contribution in [-0.2, 0) is 15.4 Å². The predicted octanol–water partition coefficient (Wildman–Crippen LogP) is 4.72. The molecule has 3 rings (SSSR count). The zero-order valence-corrected chi connectivity index (χ0v) is 15.4. The van der Waals surface area contributed by atoms with Gasteiger partial charge in [0.05, 0.1) is 10.7 Å². The number of sulfonamides is 1. The summed E-state index contributed by atoms with van der Waals surface area (Å²) in [7, 11) is -3.96. The van der Waals surface area contributed by atoms with Gasteiger partial charge in [0.25, 0.3) is 10.0 Å². The van der Waals surface area contributed by atoms with Crippen LogP contribution in [0.3, 0.4) is 0 Å². The average Bonchev–Trinajstić information content (AvgIpc) is 2.89. The van der Waals surface area contributed by atoms with Crippen molar-refractivity contribution in [3.63, 3.8) is 0 Å². The lowest BCUT2D eigenvalue weighted by Crippen LogP contribution is -2.13. The minimum Gasteiger partial charge on any atom is -0.440 e. The van der Waals surface area contributed by atoms with Gasteiger partial charge in [-0.3, -0.25) is 4.72 Å². The second-order valence-electron chi connectivity index (χ2n) is 6.63. The Hall–Kier alpha value is -2.12. The number of fused-ring (bicyclic) bond motifs is 1. The molecule has 0 atom stereocenters. The molecular formula is C17H16ClFN2O3S. The number of halogens is 2. The van der Waals surface area contributed by atoms with E-state index in [1.807, 2.05) is 20.8 Å². The van der Waals surface area contributed by atoms with E-state index in [-0.39, 0.29) is 15.3 Å². The van der Waals surface area contributed by atoms with Crippen LogP contribution in [0.25, 0.3) is 11.1 Å². The van der Waals surface area contributed by atoms with Crippen molar-refractivity contribution in [3.8, 4) is 0 Å². The number of aromatic nitrogens is 1. The van der Waals surface area contributed by atoms with Crippen LogP contribution < -0.4 is 4.72 Å². The lowest BCUT2D eigenvalue weighted by Gasteiger charge is -2.11. The van der Waals surface area contributed by atoms with Crippen molar-refractivity contribution >= 4 is 38.4 Å². The number of benzene rings is 2. The number of nitrogens with one attached hydrogen (secondary N) is 1. The summed E-state index contributed by atoms with van der Waals surface area (Å²) in [6.45, 7) is 5.91. The summed E-state index contributed by atoms with van der Waals surface area (Å²) >= 11 is 5.84. The Labute approximate surface area is 149 Å². The second kappa shape index (κ2) is 6.00. The van der Waals surface area contributed by atoms with Crippen LogP contribution in [0.1, 0.15) is 26.7 Å². The van der Waals surface area contributed by atoms with Crippen molar-refractivity contribution in [1.82, 2.24) is 4.98 Å². The highest BCUT2D eigenvalue weighted by Gasteiger charge is 2.22. The van der Waals surface area contributed by atoms with E-state index in [0.717, 1.165) is 18.2 Å². The number of nitrogens with zero attached hydrogens (tertiary/aromatic N) is 1. The zero-order valence-electron chi connectivity index (χ0n) is 13.8. The molecule has 0 saturated heterocycles. The lowest BCUT2D eigenvalue weighted by molar-refractivity contribution is 0.411. The molecule has 5 nitrogen and oxygen atoms in total. The third-order valence-corrected chi connectivity index (χ3v) is 5.33. The molecular weight excluding hydrogens is 367 g/mol. The van der Waals surface area contributed by atoms with Crippen molar-refractivity contribution < 1.29 is 17.2 Å². The summed E-state index contributed by atoms with van der Waals surface area (Å²) in [5.41, 5.74) is 1.14. The molecule has 1 heterocycles. The summed E-state index contributed by atoms with van der Waals surface area (Å²) < 4.78 is 46.2. The Morgan fingerprint density at radius 3 is 2.52 bits per heavy atom. The van der Waals surface area contributed by atoms with Crippen LogP contribution in [0.15, 0.2) is 45.7 Å². The normalized spacial score (nSPS) is 12.5. The van der Waals surface area contributed by atoms with Gasteiger partial charge in [-0.25, -0.2) is 17.8 Å². The Balaban J connectivity index is 1.96. The molecule has 0 radical (unpaired) electrons. The first-order valence-corrected chi connectivity index (χ1v) is 9.31. The van der Waals surface area contributed by atoms with Gasteiger partial charge in [-0.2, -0.15) is 0 Å². The highest BCUT2D eigenvalue weighted by molar-refractivity contribution is 7.92. The maximum absolute atomic E-state index is 13.1. The summed E-state index contributed by atoms with van der Waals surface area (Å²) in [5.74, 6) is -0.0493. The number of anilines is 1. The molecule has 0 aliphatic heterocycles. The Morgan fingerprint density at radius 2 is 1.88 bits per heavy atom. The molecule has 3 aromatic rings. The molecule has 0 aliphatic rings. The van der Waals surface area contributed by atoms with Gasteiger partial charge in [-0.15, -0.1) is 0 Å². The van der Waals surface area contributed by atoms with Gasteiger partial charge in [0.2, 0.25) is 5.89 Å². The van der Waals surface area contributed by atoms with Crippen LogP contribution in [0, 0.1) is 5.82 Å². The molecule has 132 valence electrons. The van der Waals surface area contributed by atoms with Gasteiger partial charge in [-0.1, -0.05) is 32.4 Å². The quantitative estimate of drug-likeness (QED) is 0.711. The number of oxazole rings is 1. The molecule has 0 unspecified atom stereocenters. The van der Waals surface area contributed by atoms with Crippen LogP contribution in [0.5, 0.6) is 0 Å². The minimum absolute atomic E-state index is 0.190. The van der Waals surface area contributed by atoms with Crippen molar-refractivity contribution in [1.29, 1.82) is 0 Å². The Morgan fingerprint density at radius 1 is 1.16 bits per heavy atom. The zero-order chi connectivity index (χ0) is 18.4. The standard InChI is InChI=1S/C17H16ClFN2O3S/c1-17(2,3)16-20-13-9-11(5-6-14(13)24-16)21-25(22,23)15-7-4-10(19)8-12(15)18/h4-9,21H,1-3H3. The lowest BCUT2D eigenvalue weighted by atomic mass is 9.97. The molecule has 0 saturated carbocycles. The van der Waals surface area contributed by atoms with E-state index < -0.39 is 15.8 Å². The minimum atomic E-state index is -3.96. The van der Waals surface area contributed by atoms with Crippen molar-refractivity contribution in [2.45, 2.75) is 31.1 Å². The molecule has 2 aromatic carbocycles. The molecule has 1 aromatic heterocycles. The maximum atomic E-state index is 13.1. The highest BCUT2D eigenvalue weighted by atomic mass is 35.5. The van der Waals surface area contributed by atoms with E-state index in [1.165, 1.54) is 0 Å². The van der Waals surface area contributed by atoms with Gasteiger partial charge in [0, 0.05) is 5.41 Å². The smallest absolute Gasteiger partial charge is 0.263 e. The average molecular weight is 383 g/mol. The van der Waals surface area contributed by atoms with Gasteiger partial charge in [0.15, 0.2) is 5.58 Å². The van der Waals surface area contributed by atoms with Crippen LogP contribution in [0.2, 0.25) is 5.02 Å². The van der Waals surface area contributed by atoms with Gasteiger partial charge in [-0.05, 0) is 36.4 Å². The molecule has 0 spiro atoms. The molecule has 8 heteroatoms. The third kappa shape index (κ3) is 3.62. The Bertz CT molecular complexity index is 1060. The topological polar surface area (TPSA) is 72.2 Å². The van der Waals surface area contributed by atoms with Crippen LogP contribution in [0.4, 0.5) is 10.1 Å². The Kier molecular flexibility index (Phi) is 4.25. The van der Waals surface area contributed by atoms with E-state index in [4.69, 9.17) is 16.0 Å². The van der Waals surface area contributed by atoms with E-state index >= 15 is 0 Å². The first-order valence-electron chi connectivity index (χ1n) is 7.45. The monoisotopic (exact) mass is 382 g/mol. The molecule has 0 bridgehead atoms.